The molecule has 0 saturated heterocycles. The van der Waals surface area contributed by atoms with Crippen LogP contribution in [0.25, 0.3) is 0 Å². The highest BCUT2D eigenvalue weighted by atomic mass is 16.3. The zero-order chi connectivity index (χ0) is 16.4. The summed E-state index contributed by atoms with van der Waals surface area (Å²) in [6, 6.07) is 0. The molecule has 2 heteroatoms. The van der Waals surface area contributed by atoms with Crippen LogP contribution in [0.2, 0.25) is 0 Å². The molecule has 0 bridgehead atoms. The second kappa shape index (κ2) is 7.05. The van der Waals surface area contributed by atoms with Crippen LogP contribution < -0.4 is 0 Å². The van der Waals surface area contributed by atoms with Crippen LogP contribution in [-0.2, 0) is 0 Å². The molecule has 0 aliphatic heterocycles. The molecule has 22 heavy (non-hydrogen) atoms. The molecule has 2 nitrogen and oxygen atoms in total. The molecule has 2 N–H and O–H groups in total. The molecule has 4 atom stereocenters. The van der Waals surface area contributed by atoms with Crippen molar-refractivity contribution in [1.82, 2.24) is 0 Å². The van der Waals surface area contributed by atoms with Crippen molar-refractivity contribution >= 4 is 0 Å². The van der Waals surface area contributed by atoms with Gasteiger partial charge in [0.05, 0.1) is 11.7 Å². The third kappa shape index (κ3) is 3.43. The van der Waals surface area contributed by atoms with Crippen molar-refractivity contribution in [2.75, 3.05) is 0 Å². The van der Waals surface area contributed by atoms with Crippen LogP contribution >= 0.6 is 0 Å². The minimum atomic E-state index is -0.461. The fraction of sp³-hybridized carbons (Fsp3) is 0.900. The quantitative estimate of drug-likeness (QED) is 0.661. The lowest BCUT2D eigenvalue weighted by molar-refractivity contribution is 0.00674. The zero-order valence-electron chi connectivity index (χ0n) is 15.1. The monoisotopic (exact) mass is 308 g/mol. The first-order valence-corrected chi connectivity index (χ1v) is 9.47. The number of aliphatic hydroxyl groups excluding tert-OH is 1. The number of rotatable bonds is 7. The molecule has 0 spiro atoms. The van der Waals surface area contributed by atoms with Crippen LogP contribution in [0.3, 0.4) is 0 Å². The third-order valence-corrected chi connectivity index (χ3v) is 6.86. The van der Waals surface area contributed by atoms with Gasteiger partial charge >= 0.3 is 0 Å². The summed E-state index contributed by atoms with van der Waals surface area (Å²) in [7, 11) is 0. The lowest BCUT2D eigenvalue weighted by atomic mass is 9.63. The Morgan fingerprint density at radius 1 is 1.36 bits per heavy atom. The van der Waals surface area contributed by atoms with Gasteiger partial charge in [-0.05, 0) is 68.6 Å². The second-order valence-electron chi connectivity index (χ2n) is 8.10. The number of aliphatic hydroxyl groups is 2. The second-order valence-corrected chi connectivity index (χ2v) is 8.10. The molecule has 128 valence electrons. The van der Waals surface area contributed by atoms with Crippen molar-refractivity contribution in [3.8, 4) is 0 Å². The minimum absolute atomic E-state index is 0.107. The van der Waals surface area contributed by atoms with Crippen molar-refractivity contribution in [3.05, 3.63) is 11.6 Å². The van der Waals surface area contributed by atoms with E-state index in [9.17, 15) is 10.2 Å². The molecule has 0 heterocycles. The van der Waals surface area contributed by atoms with Crippen LogP contribution in [-0.4, -0.2) is 21.9 Å². The van der Waals surface area contributed by atoms with E-state index < -0.39 is 5.60 Å². The normalized spacial score (nSPS) is 33.5. The Balaban J connectivity index is 1.92. The maximum Gasteiger partial charge on any atom is 0.0642 e. The van der Waals surface area contributed by atoms with Gasteiger partial charge in [-0.1, -0.05) is 45.8 Å². The summed E-state index contributed by atoms with van der Waals surface area (Å²) in [5.41, 5.74) is 1.35. The molecular formula is C20H36O2. The van der Waals surface area contributed by atoms with E-state index in [4.69, 9.17) is 0 Å². The number of hydrogen-bond donors (Lipinski definition) is 2. The Morgan fingerprint density at radius 3 is 2.68 bits per heavy atom. The largest absolute Gasteiger partial charge is 0.393 e. The van der Waals surface area contributed by atoms with E-state index in [1.165, 1.54) is 6.42 Å². The van der Waals surface area contributed by atoms with Crippen molar-refractivity contribution in [1.29, 1.82) is 0 Å². The van der Waals surface area contributed by atoms with E-state index in [1.54, 1.807) is 5.57 Å². The lowest BCUT2D eigenvalue weighted by Crippen LogP contribution is -2.39. The van der Waals surface area contributed by atoms with Crippen molar-refractivity contribution in [2.45, 2.75) is 97.2 Å². The SMILES string of the molecule is CCC(O)(CC)CCC[C@@H](C)C1=CC[C@H]2[C@@H](O)CCC[C@]12C. The molecule has 1 saturated carbocycles. The lowest BCUT2D eigenvalue weighted by Gasteiger charge is -2.43. The van der Waals surface area contributed by atoms with E-state index in [-0.39, 0.29) is 11.5 Å². The van der Waals surface area contributed by atoms with Crippen LogP contribution in [0.15, 0.2) is 11.6 Å². The van der Waals surface area contributed by atoms with Gasteiger partial charge in [0.25, 0.3) is 0 Å². The Bertz CT molecular complexity index is 397. The van der Waals surface area contributed by atoms with Gasteiger partial charge in [-0.25, -0.2) is 0 Å². The zero-order valence-corrected chi connectivity index (χ0v) is 15.1. The van der Waals surface area contributed by atoms with Gasteiger partial charge in [0, 0.05) is 0 Å². The molecular weight excluding hydrogens is 272 g/mol. The maximum absolute atomic E-state index is 10.4. The fourth-order valence-electron chi connectivity index (χ4n) is 5.01. The fourth-order valence-corrected chi connectivity index (χ4v) is 5.01. The first-order chi connectivity index (χ1) is 10.4. The highest BCUT2D eigenvalue weighted by molar-refractivity contribution is 5.26. The molecule has 0 aromatic heterocycles. The Hall–Kier alpha value is -0.340. The topological polar surface area (TPSA) is 40.5 Å². The highest BCUT2D eigenvalue weighted by Crippen LogP contribution is 2.55. The van der Waals surface area contributed by atoms with Crippen LogP contribution in [0.1, 0.15) is 85.5 Å². The maximum atomic E-state index is 10.4. The number of fused-ring (bicyclic) bond motifs is 1. The third-order valence-electron chi connectivity index (χ3n) is 6.86. The summed E-state index contributed by atoms with van der Waals surface area (Å²) in [5.74, 6) is 1.03. The van der Waals surface area contributed by atoms with Gasteiger partial charge in [-0.15, -0.1) is 0 Å². The van der Waals surface area contributed by atoms with E-state index in [1.807, 2.05) is 0 Å². The van der Waals surface area contributed by atoms with Crippen LogP contribution in [0.4, 0.5) is 0 Å². The van der Waals surface area contributed by atoms with Gasteiger partial charge in [-0.2, -0.15) is 0 Å². The molecule has 0 radical (unpaired) electrons. The Labute approximate surface area is 137 Å². The Morgan fingerprint density at radius 2 is 2.05 bits per heavy atom. The average Bonchev–Trinajstić information content (AvgIpc) is 2.85. The molecule has 0 unspecified atom stereocenters. The summed E-state index contributed by atoms with van der Waals surface area (Å²) in [5, 5.41) is 20.8. The van der Waals surface area contributed by atoms with E-state index >= 15 is 0 Å². The molecule has 2 aliphatic rings. The van der Waals surface area contributed by atoms with Crippen molar-refractivity contribution < 1.29 is 10.2 Å². The van der Waals surface area contributed by atoms with Gasteiger partial charge in [0.2, 0.25) is 0 Å². The van der Waals surface area contributed by atoms with E-state index in [0.717, 1.165) is 51.4 Å². The highest BCUT2D eigenvalue weighted by Gasteiger charge is 2.47. The average molecular weight is 309 g/mol. The molecule has 1 fully saturated rings. The first kappa shape index (κ1) is 18.0. The van der Waals surface area contributed by atoms with E-state index in [0.29, 0.717) is 11.8 Å². The van der Waals surface area contributed by atoms with Gasteiger partial charge in [0.15, 0.2) is 0 Å². The predicted molar refractivity (Wildman–Crippen MR) is 92.7 cm³/mol. The van der Waals surface area contributed by atoms with Gasteiger partial charge in [0.1, 0.15) is 0 Å². The first-order valence-electron chi connectivity index (χ1n) is 9.47. The predicted octanol–water partition coefficient (Wildman–Crippen LogP) is 4.84. The van der Waals surface area contributed by atoms with Gasteiger partial charge < -0.3 is 10.2 Å². The summed E-state index contributed by atoms with van der Waals surface area (Å²) in [6.45, 7) is 8.89. The minimum Gasteiger partial charge on any atom is -0.393 e. The molecule has 2 rings (SSSR count). The van der Waals surface area contributed by atoms with E-state index in [2.05, 4.69) is 33.8 Å². The van der Waals surface area contributed by atoms with Gasteiger partial charge in [-0.3, -0.25) is 0 Å². The van der Waals surface area contributed by atoms with Crippen LogP contribution in [0, 0.1) is 17.3 Å². The van der Waals surface area contributed by atoms with Crippen LogP contribution in [0.5, 0.6) is 0 Å². The molecule has 0 aromatic rings. The molecule has 0 amide bonds. The smallest absolute Gasteiger partial charge is 0.0642 e. The summed E-state index contributed by atoms with van der Waals surface area (Å²) >= 11 is 0. The van der Waals surface area contributed by atoms with Crippen molar-refractivity contribution in [2.24, 2.45) is 17.3 Å². The van der Waals surface area contributed by atoms with Crippen molar-refractivity contribution in [3.63, 3.8) is 0 Å². The number of allylic oxidation sites excluding steroid dienone is 2. The summed E-state index contributed by atoms with van der Waals surface area (Å²) in [4.78, 5) is 0. The summed E-state index contributed by atoms with van der Waals surface area (Å²) in [6.07, 6.45) is 11.6. The summed E-state index contributed by atoms with van der Waals surface area (Å²) < 4.78 is 0. The molecule has 2 aliphatic carbocycles. The standard InChI is InChI=1S/C20H36O2/c1-5-20(22,6-2)14-7-9-15(3)16-11-12-17-18(21)10-8-13-19(16,17)4/h11,15,17-18,21-22H,5-10,12-14H2,1-4H3/t15-,17+,18+,19-/m1/s1. The number of hydrogen-bond acceptors (Lipinski definition) is 2. The Kier molecular flexibility index (Phi) is 5.77. The molecule has 0 aromatic carbocycles.